The molecule has 0 spiro atoms. The highest BCUT2D eigenvalue weighted by Gasteiger charge is 2.08. The second kappa shape index (κ2) is 4.57. The Kier molecular flexibility index (Phi) is 1.66. The van der Waals surface area contributed by atoms with Gasteiger partial charge in [0.25, 0.3) is 0 Å². The molecule has 4 heteroatoms. The van der Waals surface area contributed by atoms with Crippen LogP contribution in [0.1, 0.15) is 18.5 Å². The van der Waals surface area contributed by atoms with Crippen LogP contribution in [-0.4, -0.2) is 23.7 Å². The second-order valence-electron chi connectivity index (χ2n) is 2.48. The second-order valence-corrected chi connectivity index (χ2v) is 2.48. The zero-order chi connectivity index (χ0) is 14.0. The maximum absolute atomic E-state index is 10.2. The molecule has 1 aromatic carbocycles. The number of rotatable bonds is 4. The van der Waals surface area contributed by atoms with E-state index in [1.165, 1.54) is 7.05 Å². The molecule has 0 saturated heterocycles. The Morgan fingerprint density at radius 2 is 2.23 bits per heavy atom. The molecular weight excluding hydrogens is 168 g/mol. The maximum Gasteiger partial charge on any atom is 0.0982 e. The first-order valence-corrected chi connectivity index (χ1v) is 3.60. The topological polar surface area (TPSA) is 52.9 Å². The van der Waals surface area contributed by atoms with E-state index in [9.17, 15) is 10.0 Å². The molecule has 0 saturated carbocycles. The molecule has 1 aromatic rings. The van der Waals surface area contributed by atoms with Gasteiger partial charge in [-0.1, -0.05) is 30.2 Å². The van der Waals surface area contributed by atoms with Crippen LogP contribution in [0.5, 0.6) is 0 Å². The highest BCUT2D eigenvalue weighted by Crippen LogP contribution is 2.12. The van der Waals surface area contributed by atoms with E-state index in [0.29, 0.717) is 0 Å². The van der Waals surface area contributed by atoms with Gasteiger partial charge < -0.3 is 5.11 Å². The first-order valence-electron chi connectivity index (χ1n) is 6.10. The summed E-state index contributed by atoms with van der Waals surface area (Å²) in [4.78, 5) is 10.2. The lowest BCUT2D eigenvalue weighted by Crippen LogP contribution is -2.18. The Bertz CT molecular complexity index is 454. The summed E-state index contributed by atoms with van der Waals surface area (Å²) in [6, 6.07) is -2.53. The predicted octanol–water partition coefficient (Wildman–Crippen LogP) is 1.33. The summed E-state index contributed by atoms with van der Waals surface area (Å²) >= 11 is 0. The number of benzene rings is 1. The lowest BCUT2D eigenvalue weighted by Gasteiger charge is -2.14. The first kappa shape index (κ1) is 4.72. The lowest BCUT2D eigenvalue weighted by atomic mass is 10.1. The summed E-state index contributed by atoms with van der Waals surface area (Å²) in [5.74, 6) is 0. The molecular formula is C9H12N2O2. The highest BCUT2D eigenvalue weighted by molar-refractivity contribution is 5.17. The van der Waals surface area contributed by atoms with Crippen LogP contribution in [0, 0.1) is 4.91 Å². The van der Waals surface area contributed by atoms with Crippen molar-refractivity contribution in [2.24, 2.45) is 5.29 Å². The van der Waals surface area contributed by atoms with Crippen molar-refractivity contribution in [2.75, 3.05) is 13.6 Å². The Morgan fingerprint density at radius 1 is 1.62 bits per heavy atom. The molecule has 1 rings (SSSR count). The molecule has 0 bridgehead atoms. The minimum atomic E-state index is -1.39. The van der Waals surface area contributed by atoms with Gasteiger partial charge in [-0.2, -0.15) is 0 Å². The normalized spacial score (nSPS) is 17.5. The molecule has 0 fully saturated rings. The summed E-state index contributed by atoms with van der Waals surface area (Å²) in [7, 11) is 1.31. The smallest absolute Gasteiger partial charge is 0.0982 e. The third kappa shape index (κ3) is 2.83. The SMILES string of the molecule is [2H]c1c([2H])c([2H])c(C(O)CN(C)N=O)c([2H])c1[2H]. The maximum atomic E-state index is 10.2. The number of aliphatic hydroxyl groups is 1. The number of nitrogens with zero attached hydrogens (tertiary/aromatic N) is 2. The van der Waals surface area contributed by atoms with Gasteiger partial charge in [-0.3, -0.25) is 5.01 Å². The van der Waals surface area contributed by atoms with Gasteiger partial charge in [0.15, 0.2) is 0 Å². The van der Waals surface area contributed by atoms with Crippen molar-refractivity contribution in [2.45, 2.75) is 6.10 Å². The molecule has 1 N–H and O–H groups in total. The standard InChI is InChI=1S/C9H12N2O2/c1-11(10-13)7-9(12)8-5-3-2-4-6-8/h2-6,9,12H,7H2,1H3/i2D,3D,4D,5D,6D. The number of likely N-dealkylation sites (N-methyl/N-ethyl adjacent to an activating group) is 1. The molecule has 13 heavy (non-hydrogen) atoms. The summed E-state index contributed by atoms with van der Waals surface area (Å²) in [5.41, 5.74) is -0.239. The van der Waals surface area contributed by atoms with E-state index >= 15 is 0 Å². The minimum absolute atomic E-state index is 0.239. The number of nitroso groups, excluding NO2 is 1. The average Bonchev–Trinajstić information content (AvgIpc) is 2.34. The molecule has 0 aliphatic rings. The van der Waals surface area contributed by atoms with Gasteiger partial charge in [-0.25, -0.2) is 0 Å². The van der Waals surface area contributed by atoms with E-state index < -0.39 is 36.3 Å². The summed E-state index contributed by atoms with van der Waals surface area (Å²) in [5, 5.41) is 13.2. The molecule has 1 unspecified atom stereocenters. The van der Waals surface area contributed by atoms with Gasteiger partial charge in [-0.05, 0) is 5.56 Å². The molecule has 1 atom stereocenters. The van der Waals surface area contributed by atoms with Gasteiger partial charge in [0.05, 0.1) is 24.8 Å². The van der Waals surface area contributed by atoms with Crippen LogP contribution in [0.2, 0.25) is 0 Å². The average molecular weight is 185 g/mol. The molecule has 4 nitrogen and oxygen atoms in total. The zero-order valence-corrected chi connectivity index (χ0v) is 7.03. The largest absolute Gasteiger partial charge is 0.386 e. The van der Waals surface area contributed by atoms with Crippen LogP contribution in [0.3, 0.4) is 0 Å². The van der Waals surface area contributed by atoms with Gasteiger partial charge in [0.2, 0.25) is 0 Å². The van der Waals surface area contributed by atoms with Crippen molar-refractivity contribution in [1.82, 2.24) is 5.01 Å². The van der Waals surface area contributed by atoms with Crippen molar-refractivity contribution in [3.8, 4) is 0 Å². The summed E-state index contributed by atoms with van der Waals surface area (Å²) in [6.45, 7) is -0.252. The van der Waals surface area contributed by atoms with Crippen LogP contribution < -0.4 is 0 Å². The van der Waals surface area contributed by atoms with E-state index in [-0.39, 0.29) is 12.1 Å². The lowest BCUT2D eigenvalue weighted by molar-refractivity contribution is 0.128. The van der Waals surface area contributed by atoms with Gasteiger partial charge in [0.1, 0.15) is 0 Å². The fraction of sp³-hybridized carbons (Fsp3) is 0.333. The van der Waals surface area contributed by atoms with Crippen LogP contribution in [0.15, 0.2) is 35.5 Å². The molecule has 0 radical (unpaired) electrons. The number of aliphatic hydroxyl groups excluding tert-OH is 1. The third-order valence-electron chi connectivity index (χ3n) is 1.43. The summed E-state index contributed by atoms with van der Waals surface area (Å²) in [6.07, 6.45) is -1.39. The fourth-order valence-electron chi connectivity index (χ4n) is 0.801. The van der Waals surface area contributed by atoms with E-state index in [1.54, 1.807) is 0 Å². The highest BCUT2D eigenvalue weighted by atomic mass is 16.3. The number of hydrogen-bond acceptors (Lipinski definition) is 3. The van der Waals surface area contributed by atoms with Crippen LogP contribution in [-0.2, 0) is 0 Å². The molecule has 0 amide bonds. The first-order chi connectivity index (χ1) is 8.31. The summed E-state index contributed by atoms with van der Waals surface area (Å²) < 4.78 is 37.5. The van der Waals surface area contributed by atoms with Crippen molar-refractivity contribution in [3.05, 3.63) is 40.7 Å². The third-order valence-corrected chi connectivity index (χ3v) is 1.43. The molecule has 0 aliphatic carbocycles. The molecule has 0 aliphatic heterocycles. The van der Waals surface area contributed by atoms with Crippen LogP contribution in [0.4, 0.5) is 0 Å². The van der Waals surface area contributed by atoms with Crippen molar-refractivity contribution in [3.63, 3.8) is 0 Å². The van der Waals surface area contributed by atoms with Crippen LogP contribution in [0.25, 0.3) is 0 Å². The van der Waals surface area contributed by atoms with Crippen molar-refractivity contribution >= 4 is 0 Å². The quantitative estimate of drug-likeness (QED) is 0.568. The Labute approximate surface area is 83.8 Å². The monoisotopic (exact) mass is 185 g/mol. The van der Waals surface area contributed by atoms with Crippen molar-refractivity contribution < 1.29 is 12.0 Å². The Morgan fingerprint density at radius 3 is 2.77 bits per heavy atom. The zero-order valence-electron chi connectivity index (χ0n) is 12.0. The predicted molar refractivity (Wildman–Crippen MR) is 49.8 cm³/mol. The van der Waals surface area contributed by atoms with E-state index in [0.717, 1.165) is 5.01 Å². The van der Waals surface area contributed by atoms with E-state index in [1.807, 2.05) is 0 Å². The molecule has 0 aromatic heterocycles. The van der Waals surface area contributed by atoms with Gasteiger partial charge in [-0.15, -0.1) is 4.91 Å². The number of hydrogen-bond donors (Lipinski definition) is 1. The van der Waals surface area contributed by atoms with Gasteiger partial charge in [0, 0.05) is 7.05 Å². The molecule has 70 valence electrons. The Hall–Kier alpha value is -1.42. The van der Waals surface area contributed by atoms with Crippen LogP contribution >= 0.6 is 0 Å². The molecule has 0 heterocycles. The minimum Gasteiger partial charge on any atom is -0.386 e. The van der Waals surface area contributed by atoms with Crippen molar-refractivity contribution in [1.29, 1.82) is 0 Å². The van der Waals surface area contributed by atoms with E-state index in [4.69, 9.17) is 6.85 Å². The van der Waals surface area contributed by atoms with E-state index in [2.05, 4.69) is 5.29 Å². The Balaban J connectivity index is 3.28. The fourth-order valence-corrected chi connectivity index (χ4v) is 0.801. The van der Waals surface area contributed by atoms with Gasteiger partial charge >= 0.3 is 0 Å².